The lowest BCUT2D eigenvalue weighted by atomic mass is 9.95. The summed E-state index contributed by atoms with van der Waals surface area (Å²) in [6.07, 6.45) is 0. The molecule has 28 heavy (non-hydrogen) atoms. The molecule has 0 aliphatic rings. The van der Waals surface area contributed by atoms with Gasteiger partial charge in [0, 0.05) is 11.1 Å². The Morgan fingerprint density at radius 1 is 0.786 bits per heavy atom. The molecule has 2 heterocycles. The quantitative estimate of drug-likeness (QED) is 0.460. The van der Waals surface area contributed by atoms with Gasteiger partial charge in [0.05, 0.1) is 11.1 Å². The summed E-state index contributed by atoms with van der Waals surface area (Å²) in [5, 5.41) is 7.86. The van der Waals surface area contributed by atoms with Gasteiger partial charge in [-0.25, -0.2) is 8.78 Å². The number of benzene rings is 2. The van der Waals surface area contributed by atoms with Crippen molar-refractivity contribution in [3.63, 3.8) is 0 Å². The minimum absolute atomic E-state index is 0.176. The molecule has 0 fully saturated rings. The van der Waals surface area contributed by atoms with Crippen LogP contribution in [0.2, 0.25) is 0 Å². The van der Waals surface area contributed by atoms with Crippen molar-refractivity contribution in [3.8, 4) is 22.5 Å². The first-order chi connectivity index (χ1) is 13.5. The average Bonchev–Trinajstić information content (AvgIpc) is 3.24. The van der Waals surface area contributed by atoms with Crippen LogP contribution < -0.4 is 0 Å². The van der Waals surface area contributed by atoms with E-state index >= 15 is 0 Å². The number of carbonyl (C=O) groups is 1. The topological polar surface area (TPSA) is 69.1 Å². The van der Waals surface area contributed by atoms with E-state index in [0.717, 1.165) is 0 Å². The van der Waals surface area contributed by atoms with E-state index < -0.39 is 17.4 Å². The highest BCUT2D eigenvalue weighted by molar-refractivity contribution is 6.16. The molecule has 7 heteroatoms. The molecule has 0 atom stereocenters. The summed E-state index contributed by atoms with van der Waals surface area (Å²) in [6.45, 7) is 3.18. The van der Waals surface area contributed by atoms with Crippen molar-refractivity contribution < 1.29 is 22.6 Å². The van der Waals surface area contributed by atoms with E-state index in [9.17, 15) is 13.6 Å². The predicted molar refractivity (Wildman–Crippen MR) is 96.7 cm³/mol. The Bertz CT molecular complexity index is 1100. The fourth-order valence-corrected chi connectivity index (χ4v) is 3.07. The Morgan fingerprint density at radius 3 is 1.61 bits per heavy atom. The number of nitrogens with zero attached hydrogens (tertiary/aromatic N) is 2. The summed E-state index contributed by atoms with van der Waals surface area (Å²) >= 11 is 0. The average molecular weight is 380 g/mol. The molecule has 0 bridgehead atoms. The first-order valence-electron chi connectivity index (χ1n) is 8.45. The number of rotatable bonds is 4. The summed E-state index contributed by atoms with van der Waals surface area (Å²) in [5.41, 5.74) is 1.59. The number of aromatic nitrogens is 2. The van der Waals surface area contributed by atoms with Gasteiger partial charge in [-0.2, -0.15) is 0 Å². The second-order valence-electron chi connectivity index (χ2n) is 6.27. The SMILES string of the molecule is Cc1onc(-c2cccc(F)c2)c1C(=O)c1c(-c2cccc(F)c2)noc1C. The maximum Gasteiger partial charge on any atom is 0.204 e. The summed E-state index contributed by atoms with van der Waals surface area (Å²) in [7, 11) is 0. The van der Waals surface area contributed by atoms with Crippen LogP contribution in [0.15, 0.2) is 57.6 Å². The lowest BCUT2D eigenvalue weighted by Gasteiger charge is -2.04. The van der Waals surface area contributed by atoms with Crippen LogP contribution in [0.1, 0.15) is 27.4 Å². The summed E-state index contributed by atoms with van der Waals surface area (Å²) in [5.74, 6) is -0.822. The Balaban J connectivity index is 1.87. The molecule has 140 valence electrons. The maximum atomic E-state index is 13.6. The van der Waals surface area contributed by atoms with Gasteiger partial charge in [-0.3, -0.25) is 4.79 Å². The van der Waals surface area contributed by atoms with Crippen LogP contribution in [0.5, 0.6) is 0 Å². The van der Waals surface area contributed by atoms with Crippen LogP contribution in [-0.4, -0.2) is 16.1 Å². The third kappa shape index (κ3) is 3.00. The van der Waals surface area contributed by atoms with Crippen LogP contribution in [0.4, 0.5) is 8.78 Å². The Labute approximate surface area is 158 Å². The molecule has 0 spiro atoms. The van der Waals surface area contributed by atoms with Crippen LogP contribution in [0.3, 0.4) is 0 Å². The first-order valence-corrected chi connectivity index (χ1v) is 8.45. The van der Waals surface area contributed by atoms with E-state index in [0.29, 0.717) is 11.1 Å². The van der Waals surface area contributed by atoms with Crippen molar-refractivity contribution in [2.24, 2.45) is 0 Å². The molecule has 0 saturated carbocycles. The van der Waals surface area contributed by atoms with Crippen molar-refractivity contribution in [2.45, 2.75) is 13.8 Å². The zero-order chi connectivity index (χ0) is 19.8. The van der Waals surface area contributed by atoms with E-state index in [1.54, 1.807) is 26.0 Å². The molecule has 0 N–H and O–H groups in total. The Hall–Kier alpha value is -3.61. The van der Waals surface area contributed by atoms with Crippen LogP contribution >= 0.6 is 0 Å². The fraction of sp³-hybridized carbons (Fsp3) is 0.0952. The molecule has 0 amide bonds. The van der Waals surface area contributed by atoms with Gasteiger partial charge in [-0.1, -0.05) is 34.6 Å². The minimum atomic E-state index is -0.460. The van der Waals surface area contributed by atoms with Crippen molar-refractivity contribution >= 4 is 5.78 Å². The fourth-order valence-electron chi connectivity index (χ4n) is 3.07. The minimum Gasteiger partial charge on any atom is -0.360 e. The third-order valence-corrected chi connectivity index (χ3v) is 4.38. The van der Waals surface area contributed by atoms with E-state index in [1.165, 1.54) is 36.4 Å². The molecular formula is C21H14F2N2O3. The van der Waals surface area contributed by atoms with Gasteiger partial charge in [0.25, 0.3) is 0 Å². The molecule has 0 unspecified atom stereocenters. The van der Waals surface area contributed by atoms with Crippen molar-refractivity contribution in [2.75, 3.05) is 0 Å². The van der Waals surface area contributed by atoms with Gasteiger partial charge < -0.3 is 9.05 Å². The number of hydrogen-bond donors (Lipinski definition) is 0. The second kappa shape index (κ2) is 6.84. The smallest absolute Gasteiger partial charge is 0.204 e. The predicted octanol–water partition coefficient (Wildman–Crippen LogP) is 5.12. The molecule has 2 aromatic carbocycles. The molecule has 5 nitrogen and oxygen atoms in total. The van der Waals surface area contributed by atoms with Gasteiger partial charge in [-0.15, -0.1) is 0 Å². The van der Waals surface area contributed by atoms with E-state index in [1.807, 2.05) is 0 Å². The molecular weight excluding hydrogens is 366 g/mol. The second-order valence-corrected chi connectivity index (χ2v) is 6.27. The Morgan fingerprint density at radius 2 is 1.21 bits per heavy atom. The lowest BCUT2D eigenvalue weighted by molar-refractivity contribution is 0.103. The molecule has 0 aliphatic heterocycles. The molecule has 4 rings (SSSR count). The zero-order valence-corrected chi connectivity index (χ0v) is 15.0. The van der Waals surface area contributed by atoms with Crippen molar-refractivity contribution in [1.29, 1.82) is 0 Å². The number of halogens is 2. The molecule has 0 radical (unpaired) electrons. The highest BCUT2D eigenvalue weighted by Crippen LogP contribution is 2.33. The summed E-state index contributed by atoms with van der Waals surface area (Å²) in [4.78, 5) is 13.4. The molecule has 2 aromatic heterocycles. The molecule has 0 aliphatic carbocycles. The van der Waals surface area contributed by atoms with E-state index in [4.69, 9.17) is 9.05 Å². The van der Waals surface area contributed by atoms with Gasteiger partial charge in [0.1, 0.15) is 34.5 Å². The molecule has 0 saturated heterocycles. The van der Waals surface area contributed by atoms with Gasteiger partial charge in [0.2, 0.25) is 5.78 Å². The monoisotopic (exact) mass is 380 g/mol. The van der Waals surface area contributed by atoms with E-state index in [-0.39, 0.29) is 34.0 Å². The number of carbonyl (C=O) groups excluding carboxylic acids is 1. The number of aryl methyl sites for hydroxylation is 2. The van der Waals surface area contributed by atoms with Gasteiger partial charge in [0.15, 0.2) is 0 Å². The van der Waals surface area contributed by atoms with Crippen LogP contribution in [-0.2, 0) is 0 Å². The number of hydrogen-bond acceptors (Lipinski definition) is 5. The summed E-state index contributed by atoms with van der Waals surface area (Å²) < 4.78 is 37.7. The van der Waals surface area contributed by atoms with Crippen molar-refractivity contribution in [3.05, 3.63) is 82.8 Å². The van der Waals surface area contributed by atoms with Crippen molar-refractivity contribution in [1.82, 2.24) is 10.3 Å². The lowest BCUT2D eigenvalue weighted by Crippen LogP contribution is -2.06. The normalized spacial score (nSPS) is 11.0. The highest BCUT2D eigenvalue weighted by atomic mass is 19.1. The molecule has 4 aromatic rings. The number of ketones is 1. The van der Waals surface area contributed by atoms with Crippen LogP contribution in [0, 0.1) is 25.5 Å². The van der Waals surface area contributed by atoms with Crippen LogP contribution in [0.25, 0.3) is 22.5 Å². The van der Waals surface area contributed by atoms with E-state index in [2.05, 4.69) is 10.3 Å². The van der Waals surface area contributed by atoms with Gasteiger partial charge >= 0.3 is 0 Å². The largest absolute Gasteiger partial charge is 0.360 e. The standard InChI is InChI=1S/C21H14F2N2O3/c1-11-17(19(24-27-11)13-5-3-7-15(22)9-13)21(26)18-12(2)28-25-20(18)14-6-4-8-16(23)10-14/h3-10H,1-2H3. The summed E-state index contributed by atoms with van der Waals surface area (Å²) in [6, 6.07) is 11.4. The van der Waals surface area contributed by atoms with Gasteiger partial charge in [-0.05, 0) is 38.1 Å². The maximum absolute atomic E-state index is 13.6. The first kappa shape index (κ1) is 17.8. The third-order valence-electron chi connectivity index (χ3n) is 4.38. The zero-order valence-electron chi connectivity index (χ0n) is 15.0. The highest BCUT2D eigenvalue weighted by Gasteiger charge is 2.29. The Kier molecular flexibility index (Phi) is 4.35.